The zero-order valence-electron chi connectivity index (χ0n) is 21.2. The minimum Gasteiger partial charge on any atom is -0.497 e. The molecule has 7 nitrogen and oxygen atoms in total. The third-order valence-electron chi connectivity index (χ3n) is 6.51. The van der Waals surface area contributed by atoms with Crippen LogP contribution in [-0.4, -0.2) is 47.0 Å². The molecule has 0 spiro atoms. The summed E-state index contributed by atoms with van der Waals surface area (Å²) in [5, 5.41) is 4.83. The first kappa shape index (κ1) is 24.6. The fraction of sp³-hybridized carbons (Fsp3) is 0.267. The van der Waals surface area contributed by atoms with E-state index >= 15 is 0 Å². The van der Waals surface area contributed by atoms with Crippen molar-refractivity contribution in [3.8, 4) is 28.6 Å². The Morgan fingerprint density at radius 1 is 1.00 bits per heavy atom. The highest BCUT2D eigenvalue weighted by atomic mass is 16.5. The minimum absolute atomic E-state index is 0.00969. The van der Waals surface area contributed by atoms with Crippen molar-refractivity contribution in [1.29, 1.82) is 0 Å². The summed E-state index contributed by atoms with van der Waals surface area (Å²) in [7, 11) is 3.49. The standard InChI is InChI=1S/C30H31N3O4/c1-32-30(37-25-17-15-24(35-2)16-18-25)27(28(31-32)22-10-5-3-6-11-22)21-33(20-26-14-9-19-36-26)29(34)23-12-7-4-8-13-23/h3-8,10-13,15-18,26H,9,14,19-21H2,1-2H3/t26-/m0/s1. The molecule has 2 heterocycles. The van der Waals surface area contributed by atoms with Crippen LogP contribution >= 0.6 is 0 Å². The quantitative estimate of drug-likeness (QED) is 0.296. The molecule has 0 bridgehead atoms. The van der Waals surface area contributed by atoms with Gasteiger partial charge in [-0.1, -0.05) is 48.5 Å². The Bertz CT molecular complexity index is 1310. The van der Waals surface area contributed by atoms with Gasteiger partial charge in [-0.05, 0) is 49.2 Å². The summed E-state index contributed by atoms with van der Waals surface area (Å²) in [6.07, 6.45) is 1.95. The maximum Gasteiger partial charge on any atom is 0.254 e. The van der Waals surface area contributed by atoms with Gasteiger partial charge in [0.2, 0.25) is 5.88 Å². The van der Waals surface area contributed by atoms with Crippen molar-refractivity contribution in [3.05, 3.63) is 96.1 Å². The second-order valence-electron chi connectivity index (χ2n) is 9.09. The summed E-state index contributed by atoms with van der Waals surface area (Å²) in [6, 6.07) is 26.8. The van der Waals surface area contributed by atoms with Gasteiger partial charge < -0.3 is 19.1 Å². The fourth-order valence-corrected chi connectivity index (χ4v) is 4.61. The van der Waals surface area contributed by atoms with Gasteiger partial charge in [0.05, 0.1) is 25.3 Å². The lowest BCUT2D eigenvalue weighted by Gasteiger charge is -2.26. The molecule has 0 N–H and O–H groups in total. The Balaban J connectivity index is 1.54. The number of benzene rings is 3. The summed E-state index contributed by atoms with van der Waals surface area (Å²) in [5.74, 6) is 1.94. The molecule has 3 aromatic carbocycles. The average Bonchev–Trinajstić information content (AvgIpc) is 3.57. The molecule has 1 aliphatic rings. The number of aryl methyl sites for hydroxylation is 1. The number of nitrogens with zero attached hydrogens (tertiary/aromatic N) is 3. The van der Waals surface area contributed by atoms with E-state index < -0.39 is 0 Å². The van der Waals surface area contributed by atoms with Crippen LogP contribution in [0.25, 0.3) is 11.3 Å². The SMILES string of the molecule is COc1ccc(Oc2c(CN(C[C@@H]3CCCO3)C(=O)c3ccccc3)c(-c3ccccc3)nn2C)cc1. The van der Waals surface area contributed by atoms with Crippen molar-refractivity contribution in [2.75, 3.05) is 20.3 Å². The zero-order chi connectivity index (χ0) is 25.6. The van der Waals surface area contributed by atoms with Gasteiger partial charge in [0.1, 0.15) is 17.2 Å². The predicted octanol–water partition coefficient (Wildman–Crippen LogP) is 5.71. The lowest BCUT2D eigenvalue weighted by atomic mass is 10.1. The first-order valence-corrected chi connectivity index (χ1v) is 12.5. The third-order valence-corrected chi connectivity index (χ3v) is 6.51. The Hall–Kier alpha value is -4.10. The minimum atomic E-state index is -0.0469. The number of carbonyl (C=O) groups is 1. The molecule has 5 rings (SSSR count). The smallest absolute Gasteiger partial charge is 0.254 e. The normalized spacial score (nSPS) is 14.9. The van der Waals surface area contributed by atoms with Gasteiger partial charge in [0, 0.05) is 31.3 Å². The molecule has 37 heavy (non-hydrogen) atoms. The van der Waals surface area contributed by atoms with Gasteiger partial charge in [-0.2, -0.15) is 5.10 Å². The Labute approximate surface area is 217 Å². The van der Waals surface area contributed by atoms with Crippen molar-refractivity contribution in [2.45, 2.75) is 25.5 Å². The van der Waals surface area contributed by atoms with E-state index in [1.54, 1.807) is 11.8 Å². The van der Waals surface area contributed by atoms with Crippen LogP contribution in [0, 0.1) is 0 Å². The van der Waals surface area contributed by atoms with E-state index in [0.717, 1.165) is 42.0 Å². The van der Waals surface area contributed by atoms with Crippen LogP contribution < -0.4 is 9.47 Å². The Kier molecular flexibility index (Phi) is 7.51. The maximum absolute atomic E-state index is 13.7. The van der Waals surface area contributed by atoms with E-state index in [1.807, 2.05) is 96.9 Å². The molecule has 7 heteroatoms. The van der Waals surface area contributed by atoms with E-state index in [4.69, 9.17) is 19.3 Å². The number of ether oxygens (including phenoxy) is 3. The van der Waals surface area contributed by atoms with Gasteiger partial charge in [0.15, 0.2) is 0 Å². The van der Waals surface area contributed by atoms with Gasteiger partial charge in [-0.25, -0.2) is 4.68 Å². The van der Waals surface area contributed by atoms with Crippen LogP contribution in [0.15, 0.2) is 84.9 Å². The van der Waals surface area contributed by atoms with Gasteiger partial charge in [0.25, 0.3) is 5.91 Å². The van der Waals surface area contributed by atoms with E-state index in [-0.39, 0.29) is 12.0 Å². The molecule has 1 fully saturated rings. The number of methoxy groups -OCH3 is 1. The lowest BCUT2D eigenvalue weighted by Crippen LogP contribution is -2.37. The molecule has 1 amide bonds. The molecule has 0 radical (unpaired) electrons. The number of aromatic nitrogens is 2. The van der Waals surface area contributed by atoms with E-state index in [0.29, 0.717) is 30.3 Å². The topological polar surface area (TPSA) is 65.8 Å². The molecule has 0 unspecified atom stereocenters. The summed E-state index contributed by atoms with van der Waals surface area (Å²) in [5.41, 5.74) is 3.22. The van der Waals surface area contributed by atoms with Crippen molar-refractivity contribution < 1.29 is 19.0 Å². The van der Waals surface area contributed by atoms with Crippen molar-refractivity contribution in [3.63, 3.8) is 0 Å². The third kappa shape index (κ3) is 5.67. The van der Waals surface area contributed by atoms with Gasteiger partial charge in [-0.3, -0.25) is 4.79 Å². The number of carbonyl (C=O) groups excluding carboxylic acids is 1. The molecule has 1 aromatic heterocycles. The number of amides is 1. The highest BCUT2D eigenvalue weighted by Gasteiger charge is 2.28. The van der Waals surface area contributed by atoms with Crippen LogP contribution in [0.5, 0.6) is 17.4 Å². The molecule has 1 saturated heterocycles. The van der Waals surface area contributed by atoms with Crippen LogP contribution in [-0.2, 0) is 18.3 Å². The van der Waals surface area contributed by atoms with Gasteiger partial charge >= 0.3 is 0 Å². The van der Waals surface area contributed by atoms with Crippen molar-refractivity contribution in [2.24, 2.45) is 7.05 Å². The van der Waals surface area contributed by atoms with Crippen molar-refractivity contribution >= 4 is 5.91 Å². The highest BCUT2D eigenvalue weighted by Crippen LogP contribution is 2.35. The summed E-state index contributed by atoms with van der Waals surface area (Å²) in [4.78, 5) is 15.6. The summed E-state index contributed by atoms with van der Waals surface area (Å²) in [6.45, 7) is 1.56. The molecular weight excluding hydrogens is 466 g/mol. The fourth-order valence-electron chi connectivity index (χ4n) is 4.61. The van der Waals surface area contributed by atoms with Crippen molar-refractivity contribution in [1.82, 2.24) is 14.7 Å². The first-order chi connectivity index (χ1) is 18.1. The largest absolute Gasteiger partial charge is 0.497 e. The zero-order valence-corrected chi connectivity index (χ0v) is 21.2. The molecule has 0 saturated carbocycles. The number of hydrogen-bond donors (Lipinski definition) is 0. The van der Waals surface area contributed by atoms with Gasteiger partial charge in [-0.15, -0.1) is 0 Å². The van der Waals surface area contributed by atoms with Crippen LogP contribution in [0.4, 0.5) is 0 Å². The van der Waals surface area contributed by atoms with Crippen LogP contribution in [0.3, 0.4) is 0 Å². The lowest BCUT2D eigenvalue weighted by molar-refractivity contribution is 0.0506. The molecule has 0 aliphatic carbocycles. The number of hydrogen-bond acceptors (Lipinski definition) is 5. The van der Waals surface area contributed by atoms with E-state index in [1.165, 1.54) is 0 Å². The molecule has 4 aromatic rings. The van der Waals surface area contributed by atoms with E-state index in [9.17, 15) is 4.79 Å². The molecular formula is C30H31N3O4. The average molecular weight is 498 g/mol. The van der Waals surface area contributed by atoms with Crippen LogP contribution in [0.2, 0.25) is 0 Å². The second kappa shape index (κ2) is 11.3. The van der Waals surface area contributed by atoms with Crippen LogP contribution in [0.1, 0.15) is 28.8 Å². The molecule has 190 valence electrons. The van der Waals surface area contributed by atoms with E-state index in [2.05, 4.69) is 0 Å². The predicted molar refractivity (Wildman–Crippen MR) is 142 cm³/mol. The maximum atomic E-state index is 13.7. The highest BCUT2D eigenvalue weighted by molar-refractivity contribution is 5.94. The number of rotatable bonds is 9. The Morgan fingerprint density at radius 2 is 1.68 bits per heavy atom. The molecule has 1 atom stereocenters. The monoisotopic (exact) mass is 497 g/mol. The molecule has 1 aliphatic heterocycles. The summed E-state index contributed by atoms with van der Waals surface area (Å²) < 4.78 is 19.3. The second-order valence-corrected chi connectivity index (χ2v) is 9.09. The Morgan fingerprint density at radius 3 is 2.32 bits per heavy atom. The summed E-state index contributed by atoms with van der Waals surface area (Å²) >= 11 is 0. The first-order valence-electron chi connectivity index (χ1n) is 12.5.